The van der Waals surface area contributed by atoms with Gasteiger partial charge in [0.05, 0.1) is 5.69 Å². The molecule has 0 amide bonds. The first kappa shape index (κ1) is 34.9. The van der Waals surface area contributed by atoms with Gasteiger partial charge in [-0.05, 0) is 37.0 Å². The third-order valence-corrected chi connectivity index (χ3v) is 12.6. The minimum absolute atomic E-state index is 0.00580. The number of rotatable bonds is 10. The van der Waals surface area contributed by atoms with Crippen LogP contribution in [0, 0.1) is 6.92 Å². The van der Waals surface area contributed by atoms with Gasteiger partial charge in [-0.25, -0.2) is 0 Å². The molecule has 0 unspecified atom stereocenters. The summed E-state index contributed by atoms with van der Waals surface area (Å²) in [7, 11) is -9.80. The number of aromatic nitrogens is 1. The molecule has 16 heteroatoms. The molecule has 0 fully saturated rings. The van der Waals surface area contributed by atoms with Crippen molar-refractivity contribution in [3.05, 3.63) is 58.9 Å². The predicted octanol–water partition coefficient (Wildman–Crippen LogP) is 8.20. The van der Waals surface area contributed by atoms with Gasteiger partial charge in [0, 0.05) is 17.3 Å². The van der Waals surface area contributed by atoms with Gasteiger partial charge < -0.3 is 8.61 Å². The minimum atomic E-state index is -7.42. The molecule has 0 saturated heterocycles. The topological polar surface area (TPSA) is 65.5 Å². The van der Waals surface area contributed by atoms with Gasteiger partial charge in [-0.15, -0.1) is 0 Å². The Hall–Kier alpha value is -2.33. The Morgan fingerprint density at radius 2 is 1.41 bits per heavy atom. The smallest absolute Gasteiger partial charge is 0.404 e. The lowest BCUT2D eigenvalue weighted by atomic mass is 10.0. The summed E-state index contributed by atoms with van der Waals surface area (Å²) in [5.74, 6) is -15.9. The zero-order valence-electron chi connectivity index (χ0n) is 23.1. The molecule has 0 aliphatic rings. The van der Waals surface area contributed by atoms with Crippen LogP contribution in [0.25, 0.3) is 0 Å². The zero-order chi connectivity index (χ0) is 32.0. The average Bonchev–Trinajstić information content (AvgIpc) is 2.82. The van der Waals surface area contributed by atoms with E-state index in [9.17, 15) is 47.9 Å². The summed E-state index contributed by atoms with van der Waals surface area (Å²) >= 11 is 0. The van der Waals surface area contributed by atoms with Crippen molar-refractivity contribution in [3.8, 4) is 5.75 Å². The fourth-order valence-corrected chi connectivity index (χ4v) is 5.40. The van der Waals surface area contributed by atoms with Gasteiger partial charge in [0.25, 0.3) is 0 Å². The van der Waals surface area contributed by atoms with Gasteiger partial charge in [0.15, 0.2) is 8.32 Å². The molecule has 232 valence electrons. The van der Waals surface area contributed by atoms with Crippen LogP contribution in [0.5, 0.6) is 5.75 Å². The standard InChI is InChI=1S/C25H30F9NO4SSi/c1-8-17-14-18(38-40(36,37)25(33,34)23(28,29)22(26,27)24(30,31)32)15(2)19(35-17)20(16-12-10-9-11-13-16)39-41(6,7)21(3,4)5/h9-14,20H,8H2,1-7H3/t20-/m0/s1. The Kier molecular flexibility index (Phi) is 9.41. The molecule has 1 aromatic heterocycles. The van der Waals surface area contributed by atoms with E-state index in [0.29, 0.717) is 5.56 Å². The maximum Gasteiger partial charge on any atom is 0.460 e. The lowest BCUT2D eigenvalue weighted by Crippen LogP contribution is -2.63. The Balaban J connectivity index is 2.75. The Bertz CT molecular complexity index is 1340. The number of aryl methyl sites for hydroxylation is 1. The molecule has 0 spiro atoms. The second-order valence-electron chi connectivity index (χ2n) is 10.8. The summed E-state index contributed by atoms with van der Waals surface area (Å²) in [4.78, 5) is 4.42. The van der Waals surface area contributed by atoms with Crippen molar-refractivity contribution in [2.45, 2.75) is 88.6 Å². The van der Waals surface area contributed by atoms with Crippen molar-refractivity contribution in [1.29, 1.82) is 0 Å². The number of halogens is 9. The highest BCUT2D eigenvalue weighted by molar-refractivity contribution is 7.88. The van der Waals surface area contributed by atoms with Gasteiger partial charge in [-0.3, -0.25) is 4.98 Å². The number of benzene rings is 1. The third-order valence-electron chi connectivity index (χ3n) is 6.88. The van der Waals surface area contributed by atoms with E-state index in [4.69, 9.17) is 4.43 Å². The third kappa shape index (κ3) is 6.38. The number of nitrogens with zero attached hydrogens (tertiary/aromatic N) is 1. The molecule has 0 N–H and O–H groups in total. The summed E-state index contributed by atoms with van der Waals surface area (Å²) < 4.78 is 156. The van der Waals surface area contributed by atoms with Crippen LogP contribution in [0.3, 0.4) is 0 Å². The van der Waals surface area contributed by atoms with E-state index in [1.165, 1.54) is 6.92 Å². The average molecular weight is 640 g/mol. The van der Waals surface area contributed by atoms with Crippen LogP contribution in [0.4, 0.5) is 39.5 Å². The summed E-state index contributed by atoms with van der Waals surface area (Å²) in [5, 5.41) is -7.37. The van der Waals surface area contributed by atoms with E-state index in [1.807, 2.05) is 33.9 Å². The molecule has 1 atom stereocenters. The monoisotopic (exact) mass is 639 g/mol. The van der Waals surface area contributed by atoms with Crippen LogP contribution >= 0.6 is 0 Å². The number of pyridine rings is 1. The second-order valence-corrected chi connectivity index (χ2v) is 17.2. The Morgan fingerprint density at radius 3 is 1.85 bits per heavy atom. The van der Waals surface area contributed by atoms with Crippen LogP contribution in [0.2, 0.25) is 18.1 Å². The molecule has 0 aliphatic carbocycles. The van der Waals surface area contributed by atoms with Crippen LogP contribution in [-0.4, -0.2) is 45.0 Å². The van der Waals surface area contributed by atoms with Crippen molar-refractivity contribution in [1.82, 2.24) is 4.98 Å². The van der Waals surface area contributed by atoms with Gasteiger partial charge in [-0.1, -0.05) is 58.0 Å². The van der Waals surface area contributed by atoms with E-state index < -0.39 is 53.6 Å². The first-order chi connectivity index (χ1) is 18.2. The van der Waals surface area contributed by atoms with Crippen LogP contribution < -0.4 is 4.18 Å². The lowest BCUT2D eigenvalue weighted by Gasteiger charge is -2.39. The molecular formula is C25H30F9NO4SSi. The van der Waals surface area contributed by atoms with Crippen molar-refractivity contribution < 1.29 is 56.5 Å². The fraction of sp³-hybridized carbons (Fsp3) is 0.560. The predicted molar refractivity (Wildman–Crippen MR) is 135 cm³/mol. The summed E-state index contributed by atoms with van der Waals surface area (Å²) in [6.07, 6.45) is -8.22. The van der Waals surface area contributed by atoms with Crippen molar-refractivity contribution in [2.75, 3.05) is 0 Å². The number of alkyl halides is 9. The van der Waals surface area contributed by atoms with Gasteiger partial charge in [0.2, 0.25) is 0 Å². The highest BCUT2D eigenvalue weighted by Gasteiger charge is 2.86. The van der Waals surface area contributed by atoms with Gasteiger partial charge >= 0.3 is 33.4 Å². The number of hydrogen-bond acceptors (Lipinski definition) is 5. The fourth-order valence-electron chi connectivity index (χ4n) is 3.25. The molecule has 0 aliphatic heterocycles. The highest BCUT2D eigenvalue weighted by Crippen LogP contribution is 2.55. The first-order valence-electron chi connectivity index (χ1n) is 12.1. The SMILES string of the molecule is CCc1cc(OS(=O)(=O)C(F)(F)C(F)(F)C(F)(F)C(F)(F)F)c(C)c([C@@H](O[Si](C)(C)C(C)(C)C)c2ccccc2)n1. The second kappa shape index (κ2) is 11.1. The largest absolute Gasteiger partial charge is 0.460 e. The maximum atomic E-state index is 14.4. The van der Waals surface area contributed by atoms with Crippen molar-refractivity contribution >= 4 is 18.4 Å². The molecule has 1 aromatic carbocycles. The summed E-state index contributed by atoms with van der Waals surface area (Å²) in [6, 6.07) is 9.07. The quantitative estimate of drug-likeness (QED) is 0.149. The van der Waals surface area contributed by atoms with E-state index in [-0.39, 0.29) is 28.4 Å². The molecule has 0 saturated carbocycles. The highest BCUT2D eigenvalue weighted by atomic mass is 32.2. The Labute approximate surface area is 233 Å². The molecule has 2 rings (SSSR count). The minimum Gasteiger partial charge on any atom is -0.404 e. The van der Waals surface area contributed by atoms with E-state index in [1.54, 1.807) is 30.3 Å². The normalized spacial score (nSPS) is 15.1. The van der Waals surface area contributed by atoms with E-state index in [2.05, 4.69) is 9.17 Å². The molecule has 41 heavy (non-hydrogen) atoms. The van der Waals surface area contributed by atoms with E-state index in [0.717, 1.165) is 13.0 Å². The van der Waals surface area contributed by atoms with Gasteiger partial charge in [-0.2, -0.15) is 47.9 Å². The maximum absolute atomic E-state index is 14.4. The first-order valence-corrected chi connectivity index (χ1v) is 16.4. The summed E-state index contributed by atoms with van der Waals surface area (Å²) in [6.45, 7) is 12.2. The molecule has 0 radical (unpaired) electrons. The van der Waals surface area contributed by atoms with Crippen molar-refractivity contribution in [3.63, 3.8) is 0 Å². The van der Waals surface area contributed by atoms with Crippen LogP contribution in [0.15, 0.2) is 36.4 Å². The Morgan fingerprint density at radius 1 is 0.902 bits per heavy atom. The van der Waals surface area contributed by atoms with Crippen LogP contribution in [-0.2, 0) is 21.0 Å². The molecule has 5 nitrogen and oxygen atoms in total. The number of hydrogen-bond donors (Lipinski definition) is 0. The zero-order valence-corrected chi connectivity index (χ0v) is 25.0. The van der Waals surface area contributed by atoms with Crippen LogP contribution in [0.1, 0.15) is 56.3 Å². The molecule has 1 heterocycles. The van der Waals surface area contributed by atoms with Crippen molar-refractivity contribution in [2.24, 2.45) is 0 Å². The molecule has 2 aromatic rings. The lowest BCUT2D eigenvalue weighted by molar-refractivity contribution is -0.382. The molecule has 0 bridgehead atoms. The molecular weight excluding hydrogens is 609 g/mol. The summed E-state index contributed by atoms with van der Waals surface area (Å²) in [5.41, 5.74) is 0.143. The van der Waals surface area contributed by atoms with E-state index >= 15 is 0 Å². The van der Waals surface area contributed by atoms with Gasteiger partial charge in [0.1, 0.15) is 11.9 Å².